The molecule has 98 valence electrons. The number of aromatic nitrogens is 1. The number of anilines is 2. The summed E-state index contributed by atoms with van der Waals surface area (Å²) in [5.41, 5.74) is 9.39. The number of amides is 1. The van der Waals surface area contributed by atoms with Crippen LogP contribution in [-0.2, 0) is 0 Å². The summed E-state index contributed by atoms with van der Waals surface area (Å²) in [6, 6.07) is 10.9. The molecule has 0 bridgehead atoms. The average Bonchev–Trinajstić information content (AvgIpc) is 2.37. The number of carbonyl (C=O) groups is 1. The van der Waals surface area contributed by atoms with Gasteiger partial charge in [-0.05, 0) is 44.2 Å². The Kier molecular flexibility index (Phi) is 3.51. The summed E-state index contributed by atoms with van der Waals surface area (Å²) in [6.45, 7) is 3.75. The number of aryl methyl sites for hydroxylation is 2. The van der Waals surface area contributed by atoms with Gasteiger partial charge in [0.2, 0.25) is 0 Å². The molecule has 0 spiro atoms. The second kappa shape index (κ2) is 5.10. The molecule has 0 aliphatic heterocycles. The molecule has 2 rings (SSSR count). The minimum absolute atomic E-state index is 0.0874. The lowest BCUT2D eigenvalue weighted by molar-refractivity contribution is 0.0992. The standard InChI is InChI=1S/C15H17N3O/c1-10-7-8-14(11(2)17-10)15(19)18(3)13-6-4-5-12(16)9-13/h4-9H,16H2,1-3H3. The maximum atomic E-state index is 12.4. The van der Waals surface area contributed by atoms with Gasteiger partial charge in [-0.3, -0.25) is 9.78 Å². The van der Waals surface area contributed by atoms with Gasteiger partial charge in [-0.2, -0.15) is 0 Å². The number of hydrogen-bond acceptors (Lipinski definition) is 3. The summed E-state index contributed by atoms with van der Waals surface area (Å²) in [5.74, 6) is -0.0874. The molecule has 1 heterocycles. The zero-order chi connectivity index (χ0) is 14.0. The van der Waals surface area contributed by atoms with Crippen molar-refractivity contribution >= 4 is 17.3 Å². The van der Waals surface area contributed by atoms with Crippen LogP contribution in [0.25, 0.3) is 0 Å². The predicted molar refractivity (Wildman–Crippen MR) is 77.3 cm³/mol. The summed E-state index contributed by atoms with van der Waals surface area (Å²) in [5, 5.41) is 0. The van der Waals surface area contributed by atoms with Crippen molar-refractivity contribution in [1.29, 1.82) is 0 Å². The van der Waals surface area contributed by atoms with Crippen LogP contribution in [0.5, 0.6) is 0 Å². The number of benzene rings is 1. The van der Waals surface area contributed by atoms with Crippen LogP contribution in [0.2, 0.25) is 0 Å². The number of pyridine rings is 1. The third-order valence-electron chi connectivity index (χ3n) is 3.02. The van der Waals surface area contributed by atoms with Crippen molar-refractivity contribution < 1.29 is 4.79 Å². The highest BCUT2D eigenvalue weighted by Gasteiger charge is 2.16. The molecule has 4 nitrogen and oxygen atoms in total. The van der Waals surface area contributed by atoms with Crippen LogP contribution in [0.4, 0.5) is 11.4 Å². The van der Waals surface area contributed by atoms with E-state index in [1.165, 1.54) is 0 Å². The zero-order valence-corrected chi connectivity index (χ0v) is 11.3. The van der Waals surface area contributed by atoms with E-state index in [-0.39, 0.29) is 5.91 Å². The molecule has 1 amide bonds. The number of nitrogen functional groups attached to an aromatic ring is 1. The molecule has 0 unspecified atom stereocenters. The first-order chi connectivity index (χ1) is 8.99. The number of hydrogen-bond donors (Lipinski definition) is 1. The van der Waals surface area contributed by atoms with Gasteiger partial charge in [-0.15, -0.1) is 0 Å². The molecule has 4 heteroatoms. The van der Waals surface area contributed by atoms with Crippen LogP contribution in [-0.4, -0.2) is 17.9 Å². The van der Waals surface area contributed by atoms with Crippen LogP contribution in [0.15, 0.2) is 36.4 Å². The second-order valence-electron chi connectivity index (χ2n) is 4.54. The first-order valence-corrected chi connectivity index (χ1v) is 6.07. The van der Waals surface area contributed by atoms with Crippen molar-refractivity contribution in [1.82, 2.24) is 4.98 Å². The molecular weight excluding hydrogens is 238 g/mol. The maximum Gasteiger partial charge on any atom is 0.259 e. The molecule has 0 radical (unpaired) electrons. The van der Waals surface area contributed by atoms with E-state index >= 15 is 0 Å². The van der Waals surface area contributed by atoms with Crippen molar-refractivity contribution in [2.24, 2.45) is 0 Å². The molecule has 19 heavy (non-hydrogen) atoms. The fourth-order valence-electron chi connectivity index (χ4n) is 1.94. The first kappa shape index (κ1) is 13.1. The second-order valence-corrected chi connectivity index (χ2v) is 4.54. The zero-order valence-electron chi connectivity index (χ0n) is 11.3. The normalized spacial score (nSPS) is 10.3. The van der Waals surface area contributed by atoms with Gasteiger partial charge in [-0.25, -0.2) is 0 Å². The summed E-state index contributed by atoms with van der Waals surface area (Å²) in [6.07, 6.45) is 0. The third kappa shape index (κ3) is 2.73. The summed E-state index contributed by atoms with van der Waals surface area (Å²) >= 11 is 0. The van der Waals surface area contributed by atoms with Gasteiger partial charge in [0.15, 0.2) is 0 Å². The lowest BCUT2D eigenvalue weighted by atomic mass is 10.1. The van der Waals surface area contributed by atoms with Crippen molar-refractivity contribution in [2.45, 2.75) is 13.8 Å². The number of rotatable bonds is 2. The van der Waals surface area contributed by atoms with E-state index in [9.17, 15) is 4.79 Å². The molecule has 0 aliphatic rings. The van der Waals surface area contributed by atoms with Gasteiger partial charge < -0.3 is 10.6 Å². The maximum absolute atomic E-state index is 12.4. The Morgan fingerprint density at radius 1 is 1.21 bits per heavy atom. The lowest BCUT2D eigenvalue weighted by Gasteiger charge is -2.18. The first-order valence-electron chi connectivity index (χ1n) is 6.07. The van der Waals surface area contributed by atoms with Crippen LogP contribution in [0.1, 0.15) is 21.7 Å². The minimum atomic E-state index is -0.0874. The average molecular weight is 255 g/mol. The fraction of sp³-hybridized carbons (Fsp3) is 0.200. The van der Waals surface area contributed by atoms with E-state index in [2.05, 4.69) is 4.98 Å². The van der Waals surface area contributed by atoms with Crippen LogP contribution >= 0.6 is 0 Å². The lowest BCUT2D eigenvalue weighted by Crippen LogP contribution is -2.27. The molecule has 1 aromatic carbocycles. The van der Waals surface area contributed by atoms with Crippen molar-refractivity contribution in [3.8, 4) is 0 Å². The summed E-state index contributed by atoms with van der Waals surface area (Å²) < 4.78 is 0. The van der Waals surface area contributed by atoms with Gasteiger partial charge >= 0.3 is 0 Å². The van der Waals surface area contributed by atoms with E-state index in [0.717, 1.165) is 17.1 Å². The molecule has 0 atom stereocenters. The number of carbonyl (C=O) groups excluding carboxylic acids is 1. The molecule has 0 saturated heterocycles. The quantitative estimate of drug-likeness (QED) is 0.839. The molecular formula is C15H17N3O. The Morgan fingerprint density at radius 2 is 1.95 bits per heavy atom. The van der Waals surface area contributed by atoms with Gasteiger partial charge in [0.1, 0.15) is 0 Å². The Bertz CT molecular complexity index is 623. The van der Waals surface area contributed by atoms with Gasteiger partial charge in [0.05, 0.1) is 11.3 Å². The van der Waals surface area contributed by atoms with Crippen LogP contribution < -0.4 is 10.6 Å². The van der Waals surface area contributed by atoms with Gasteiger partial charge in [0.25, 0.3) is 5.91 Å². The summed E-state index contributed by atoms with van der Waals surface area (Å²) in [7, 11) is 1.73. The monoisotopic (exact) mass is 255 g/mol. The minimum Gasteiger partial charge on any atom is -0.399 e. The fourth-order valence-corrected chi connectivity index (χ4v) is 1.94. The Hall–Kier alpha value is -2.36. The number of nitrogens with two attached hydrogens (primary N) is 1. The largest absolute Gasteiger partial charge is 0.399 e. The molecule has 0 fully saturated rings. The Labute approximate surface area is 112 Å². The van der Waals surface area contributed by atoms with E-state index in [1.54, 1.807) is 24.1 Å². The topological polar surface area (TPSA) is 59.2 Å². The van der Waals surface area contributed by atoms with Gasteiger partial charge in [-0.1, -0.05) is 6.07 Å². The van der Waals surface area contributed by atoms with Gasteiger partial charge in [0, 0.05) is 24.1 Å². The van der Waals surface area contributed by atoms with E-state index < -0.39 is 0 Å². The molecule has 2 aromatic rings. The summed E-state index contributed by atoms with van der Waals surface area (Å²) in [4.78, 5) is 18.3. The van der Waals surface area contributed by atoms with Crippen molar-refractivity contribution in [3.05, 3.63) is 53.3 Å². The van der Waals surface area contributed by atoms with E-state index in [4.69, 9.17) is 5.73 Å². The Balaban J connectivity index is 2.33. The van der Waals surface area contributed by atoms with Crippen LogP contribution in [0.3, 0.4) is 0 Å². The molecule has 1 aromatic heterocycles. The predicted octanol–water partition coefficient (Wildman–Crippen LogP) is 2.56. The smallest absolute Gasteiger partial charge is 0.259 e. The van der Waals surface area contributed by atoms with Crippen molar-refractivity contribution in [3.63, 3.8) is 0 Å². The Morgan fingerprint density at radius 3 is 2.58 bits per heavy atom. The molecule has 0 aliphatic carbocycles. The molecule has 2 N–H and O–H groups in total. The number of nitrogens with zero attached hydrogens (tertiary/aromatic N) is 2. The third-order valence-corrected chi connectivity index (χ3v) is 3.02. The molecule has 0 saturated carbocycles. The highest BCUT2D eigenvalue weighted by molar-refractivity contribution is 6.06. The highest BCUT2D eigenvalue weighted by Crippen LogP contribution is 2.19. The SMILES string of the molecule is Cc1ccc(C(=O)N(C)c2cccc(N)c2)c(C)n1. The highest BCUT2D eigenvalue weighted by atomic mass is 16.2. The van der Waals surface area contributed by atoms with E-state index in [1.807, 2.05) is 38.1 Å². The van der Waals surface area contributed by atoms with E-state index in [0.29, 0.717) is 11.3 Å². The van der Waals surface area contributed by atoms with Crippen LogP contribution in [0, 0.1) is 13.8 Å². The van der Waals surface area contributed by atoms with Crippen molar-refractivity contribution in [2.75, 3.05) is 17.7 Å².